The summed E-state index contributed by atoms with van der Waals surface area (Å²) in [5.41, 5.74) is 0. The zero-order valence-electron chi connectivity index (χ0n) is 10.6. The molecule has 0 radical (unpaired) electrons. The van der Waals surface area contributed by atoms with Crippen LogP contribution < -0.4 is 5.32 Å². The minimum absolute atomic E-state index is 0.767. The first-order valence-corrected chi connectivity index (χ1v) is 5.91. The highest BCUT2D eigenvalue weighted by atomic mass is 15.1. The molecule has 0 aliphatic carbocycles. The topological polar surface area (TPSA) is 15.3 Å². The third kappa shape index (κ3) is 10.0. The van der Waals surface area contributed by atoms with Gasteiger partial charge in [0, 0.05) is 6.54 Å². The lowest BCUT2D eigenvalue weighted by Crippen LogP contribution is -2.28. The lowest BCUT2D eigenvalue weighted by molar-refractivity contribution is 0.290. The minimum atomic E-state index is 0.767. The van der Waals surface area contributed by atoms with E-state index in [0.29, 0.717) is 0 Å². The van der Waals surface area contributed by atoms with Crippen molar-refractivity contribution >= 4 is 0 Å². The fourth-order valence-corrected chi connectivity index (χ4v) is 1.58. The molecular weight excluding hydrogens is 172 g/mol. The Labute approximate surface area is 90.1 Å². The largest absolute Gasteiger partial charge is 0.316 e. The molecule has 0 saturated carbocycles. The summed E-state index contributed by atoms with van der Waals surface area (Å²) in [6.07, 6.45) is 1.26. The van der Waals surface area contributed by atoms with Gasteiger partial charge in [0.1, 0.15) is 0 Å². The zero-order valence-corrected chi connectivity index (χ0v) is 10.6. The van der Waals surface area contributed by atoms with Gasteiger partial charge in [-0.1, -0.05) is 27.7 Å². The molecule has 0 aromatic rings. The van der Waals surface area contributed by atoms with E-state index >= 15 is 0 Å². The normalized spacial score (nSPS) is 12.0. The lowest BCUT2D eigenvalue weighted by atomic mass is 10.2. The highest BCUT2D eigenvalue weighted by molar-refractivity contribution is 4.57. The van der Waals surface area contributed by atoms with Crippen molar-refractivity contribution in [2.24, 2.45) is 11.8 Å². The van der Waals surface area contributed by atoms with E-state index in [1.165, 1.54) is 19.5 Å². The van der Waals surface area contributed by atoms with Crippen LogP contribution in [0.25, 0.3) is 0 Å². The number of nitrogens with one attached hydrogen (secondary N) is 1. The van der Waals surface area contributed by atoms with E-state index in [4.69, 9.17) is 0 Å². The minimum Gasteiger partial charge on any atom is -0.316 e. The molecule has 0 aliphatic rings. The van der Waals surface area contributed by atoms with Crippen LogP contribution in [0.1, 0.15) is 34.1 Å². The third-order valence-corrected chi connectivity index (χ3v) is 2.12. The van der Waals surface area contributed by atoms with Crippen LogP contribution in [-0.4, -0.2) is 38.1 Å². The first-order valence-electron chi connectivity index (χ1n) is 5.91. The molecule has 0 saturated heterocycles. The van der Waals surface area contributed by atoms with Gasteiger partial charge < -0.3 is 10.2 Å². The van der Waals surface area contributed by atoms with Gasteiger partial charge >= 0.3 is 0 Å². The van der Waals surface area contributed by atoms with Gasteiger partial charge in [0.05, 0.1) is 0 Å². The Balaban J connectivity index is 3.19. The van der Waals surface area contributed by atoms with Gasteiger partial charge in [-0.05, 0) is 44.9 Å². The Morgan fingerprint density at radius 2 is 1.71 bits per heavy atom. The van der Waals surface area contributed by atoms with E-state index in [1.807, 2.05) is 0 Å². The Kier molecular flexibility index (Phi) is 8.20. The van der Waals surface area contributed by atoms with Gasteiger partial charge in [0.2, 0.25) is 0 Å². The number of hydrogen-bond acceptors (Lipinski definition) is 2. The van der Waals surface area contributed by atoms with Crippen LogP contribution in [0.5, 0.6) is 0 Å². The number of hydrogen-bond donors (Lipinski definition) is 1. The van der Waals surface area contributed by atoms with E-state index in [2.05, 4.69) is 45.0 Å². The molecule has 0 unspecified atom stereocenters. The SMILES string of the molecule is CC(C)CNCCCN(C)CC(C)C. The summed E-state index contributed by atoms with van der Waals surface area (Å²) in [6, 6.07) is 0. The average molecular weight is 200 g/mol. The highest BCUT2D eigenvalue weighted by Crippen LogP contribution is 1.96. The number of nitrogens with zero attached hydrogens (tertiary/aromatic N) is 1. The van der Waals surface area contributed by atoms with E-state index in [9.17, 15) is 0 Å². The Morgan fingerprint density at radius 3 is 2.21 bits per heavy atom. The number of rotatable bonds is 8. The molecule has 2 heteroatoms. The quantitative estimate of drug-likeness (QED) is 0.604. The van der Waals surface area contributed by atoms with Gasteiger partial charge in [-0.15, -0.1) is 0 Å². The molecule has 0 amide bonds. The van der Waals surface area contributed by atoms with Crippen molar-refractivity contribution in [3.8, 4) is 0 Å². The van der Waals surface area contributed by atoms with Gasteiger partial charge in [-0.2, -0.15) is 0 Å². The molecule has 86 valence electrons. The van der Waals surface area contributed by atoms with Crippen LogP contribution in [-0.2, 0) is 0 Å². The van der Waals surface area contributed by atoms with Crippen molar-refractivity contribution in [2.45, 2.75) is 34.1 Å². The van der Waals surface area contributed by atoms with Crippen LogP contribution in [0.2, 0.25) is 0 Å². The van der Waals surface area contributed by atoms with E-state index < -0.39 is 0 Å². The maximum Gasteiger partial charge on any atom is 0.000134 e. The maximum atomic E-state index is 3.47. The van der Waals surface area contributed by atoms with Crippen molar-refractivity contribution in [2.75, 3.05) is 33.2 Å². The lowest BCUT2D eigenvalue weighted by Gasteiger charge is -2.18. The molecular formula is C12H28N2. The monoisotopic (exact) mass is 200 g/mol. The predicted molar refractivity (Wildman–Crippen MR) is 64.7 cm³/mol. The fourth-order valence-electron chi connectivity index (χ4n) is 1.58. The third-order valence-electron chi connectivity index (χ3n) is 2.12. The first kappa shape index (κ1) is 13.9. The molecule has 0 aromatic heterocycles. The molecule has 0 fully saturated rings. The van der Waals surface area contributed by atoms with Crippen molar-refractivity contribution in [3.05, 3.63) is 0 Å². The second-order valence-corrected chi connectivity index (χ2v) is 5.11. The first-order chi connectivity index (χ1) is 6.52. The van der Waals surface area contributed by atoms with Gasteiger partial charge in [0.15, 0.2) is 0 Å². The van der Waals surface area contributed by atoms with Gasteiger partial charge in [0.25, 0.3) is 0 Å². The molecule has 0 atom stereocenters. The molecule has 0 heterocycles. The second-order valence-electron chi connectivity index (χ2n) is 5.11. The molecule has 14 heavy (non-hydrogen) atoms. The standard InChI is InChI=1S/C12H28N2/c1-11(2)9-13-7-6-8-14(5)10-12(3)4/h11-13H,6-10H2,1-5H3. The second kappa shape index (κ2) is 8.25. The van der Waals surface area contributed by atoms with Crippen molar-refractivity contribution in [3.63, 3.8) is 0 Å². The van der Waals surface area contributed by atoms with Gasteiger partial charge in [-0.3, -0.25) is 0 Å². The van der Waals surface area contributed by atoms with Crippen LogP contribution in [0.15, 0.2) is 0 Å². The average Bonchev–Trinajstić information content (AvgIpc) is 2.01. The Bertz CT molecular complexity index is 121. The van der Waals surface area contributed by atoms with Crippen LogP contribution >= 0.6 is 0 Å². The Morgan fingerprint density at radius 1 is 1.07 bits per heavy atom. The highest BCUT2D eigenvalue weighted by Gasteiger charge is 2.00. The molecule has 0 rings (SSSR count). The predicted octanol–water partition coefficient (Wildman–Crippen LogP) is 2.21. The summed E-state index contributed by atoms with van der Waals surface area (Å²) in [5, 5.41) is 3.47. The molecule has 0 aliphatic heterocycles. The summed E-state index contributed by atoms with van der Waals surface area (Å²) < 4.78 is 0. The summed E-state index contributed by atoms with van der Waals surface area (Å²) in [7, 11) is 2.21. The van der Waals surface area contributed by atoms with E-state index in [0.717, 1.165) is 24.9 Å². The van der Waals surface area contributed by atoms with Crippen molar-refractivity contribution in [1.29, 1.82) is 0 Å². The summed E-state index contributed by atoms with van der Waals surface area (Å²) in [6.45, 7) is 13.8. The molecule has 0 spiro atoms. The summed E-state index contributed by atoms with van der Waals surface area (Å²) in [5.74, 6) is 1.55. The maximum absolute atomic E-state index is 3.47. The van der Waals surface area contributed by atoms with Gasteiger partial charge in [-0.25, -0.2) is 0 Å². The zero-order chi connectivity index (χ0) is 11.0. The molecule has 2 nitrogen and oxygen atoms in total. The molecule has 0 aromatic carbocycles. The smallest absolute Gasteiger partial charge is 0.000134 e. The fraction of sp³-hybridized carbons (Fsp3) is 1.00. The van der Waals surface area contributed by atoms with Crippen LogP contribution in [0.4, 0.5) is 0 Å². The summed E-state index contributed by atoms with van der Waals surface area (Å²) >= 11 is 0. The van der Waals surface area contributed by atoms with Crippen LogP contribution in [0.3, 0.4) is 0 Å². The molecule has 1 N–H and O–H groups in total. The van der Waals surface area contributed by atoms with Crippen molar-refractivity contribution < 1.29 is 0 Å². The van der Waals surface area contributed by atoms with Crippen LogP contribution in [0, 0.1) is 11.8 Å². The van der Waals surface area contributed by atoms with E-state index in [-0.39, 0.29) is 0 Å². The summed E-state index contributed by atoms with van der Waals surface area (Å²) in [4.78, 5) is 2.42. The van der Waals surface area contributed by atoms with Crippen molar-refractivity contribution in [1.82, 2.24) is 10.2 Å². The molecule has 0 bridgehead atoms. The van der Waals surface area contributed by atoms with E-state index in [1.54, 1.807) is 0 Å². The Hall–Kier alpha value is -0.0800.